The molecule has 138 valence electrons. The van der Waals surface area contributed by atoms with Crippen LogP contribution in [-0.4, -0.2) is 47.5 Å². The maximum atomic E-state index is 12.5. The molecule has 7 heteroatoms. The van der Waals surface area contributed by atoms with E-state index in [1.807, 2.05) is 0 Å². The predicted octanol–water partition coefficient (Wildman–Crippen LogP) is 3.98. The summed E-state index contributed by atoms with van der Waals surface area (Å²) in [6.45, 7) is 9.30. The van der Waals surface area contributed by atoms with Crippen LogP contribution in [0.2, 0.25) is 0 Å². The van der Waals surface area contributed by atoms with E-state index in [1.54, 1.807) is 58.9 Å². The Kier molecular flexibility index (Phi) is 5.79. The van der Waals surface area contributed by atoms with Gasteiger partial charge in [0.2, 0.25) is 0 Å². The molecule has 0 aromatic heterocycles. The van der Waals surface area contributed by atoms with Crippen LogP contribution in [-0.2, 0) is 14.2 Å². The Morgan fingerprint density at radius 3 is 2.44 bits per heavy atom. The second kappa shape index (κ2) is 7.33. The van der Waals surface area contributed by atoms with Crippen LogP contribution in [0.1, 0.15) is 45.0 Å². The topological polar surface area (TPSA) is 65.1 Å². The number of rotatable bonds is 3. The second-order valence-corrected chi connectivity index (χ2v) is 8.28. The summed E-state index contributed by atoms with van der Waals surface area (Å²) in [6.07, 6.45) is -0.486. The third-order valence-electron chi connectivity index (χ3n) is 3.65. The molecule has 1 aliphatic heterocycles. The molecule has 0 bridgehead atoms. The van der Waals surface area contributed by atoms with Crippen LogP contribution in [0.25, 0.3) is 0 Å². The van der Waals surface area contributed by atoms with Crippen molar-refractivity contribution >= 4 is 28.0 Å². The van der Waals surface area contributed by atoms with Gasteiger partial charge in [-0.3, -0.25) is 4.90 Å². The first-order valence-corrected chi connectivity index (χ1v) is 8.88. The molecule has 0 N–H and O–H groups in total. The molecular formula is C18H24BrNO5. The van der Waals surface area contributed by atoms with Crippen LogP contribution in [0.4, 0.5) is 4.79 Å². The molecule has 1 amide bonds. The van der Waals surface area contributed by atoms with Gasteiger partial charge in [-0.05, 0) is 58.9 Å². The van der Waals surface area contributed by atoms with Crippen LogP contribution in [0.15, 0.2) is 28.7 Å². The Morgan fingerprint density at radius 1 is 1.28 bits per heavy atom. The molecule has 1 heterocycles. The van der Waals surface area contributed by atoms with Crippen molar-refractivity contribution in [2.45, 2.75) is 52.0 Å². The molecule has 1 aliphatic rings. The highest BCUT2D eigenvalue weighted by molar-refractivity contribution is 9.10. The van der Waals surface area contributed by atoms with Gasteiger partial charge in [-0.25, -0.2) is 9.59 Å². The Morgan fingerprint density at radius 2 is 1.88 bits per heavy atom. The zero-order valence-electron chi connectivity index (χ0n) is 15.2. The standard InChI is InChI=1S/C18H24BrNO5/c1-17(2,3)25-16(22)20-14(11-24-18(20,4)5)10-23-15(21)12-6-8-13(19)9-7-12/h6-9,14H,10-11H2,1-5H3/t14-/m0/s1. The van der Waals surface area contributed by atoms with Gasteiger partial charge in [-0.2, -0.15) is 0 Å². The highest BCUT2D eigenvalue weighted by Crippen LogP contribution is 2.29. The molecule has 0 unspecified atom stereocenters. The molecule has 1 fully saturated rings. The molecule has 0 spiro atoms. The Bertz CT molecular complexity index is 636. The number of ether oxygens (including phenoxy) is 3. The van der Waals surface area contributed by atoms with E-state index in [0.29, 0.717) is 5.56 Å². The fraction of sp³-hybridized carbons (Fsp3) is 0.556. The third kappa shape index (κ3) is 5.19. The van der Waals surface area contributed by atoms with Crippen molar-refractivity contribution in [1.29, 1.82) is 0 Å². The van der Waals surface area contributed by atoms with Crippen molar-refractivity contribution in [2.24, 2.45) is 0 Å². The zero-order valence-corrected chi connectivity index (χ0v) is 16.8. The van der Waals surface area contributed by atoms with Crippen molar-refractivity contribution in [3.8, 4) is 0 Å². The maximum Gasteiger partial charge on any atom is 0.413 e. The maximum absolute atomic E-state index is 12.5. The lowest BCUT2D eigenvalue weighted by Gasteiger charge is -2.34. The first kappa shape index (κ1) is 19.7. The van der Waals surface area contributed by atoms with Gasteiger partial charge in [0.05, 0.1) is 18.2 Å². The van der Waals surface area contributed by atoms with Crippen molar-refractivity contribution in [1.82, 2.24) is 4.90 Å². The molecule has 0 radical (unpaired) electrons. The zero-order chi connectivity index (χ0) is 18.8. The van der Waals surface area contributed by atoms with Gasteiger partial charge < -0.3 is 14.2 Å². The Hall–Kier alpha value is -1.60. The van der Waals surface area contributed by atoms with E-state index in [9.17, 15) is 9.59 Å². The van der Waals surface area contributed by atoms with E-state index in [4.69, 9.17) is 14.2 Å². The van der Waals surface area contributed by atoms with E-state index in [1.165, 1.54) is 4.90 Å². The largest absolute Gasteiger partial charge is 0.460 e. The van der Waals surface area contributed by atoms with Crippen LogP contribution in [0, 0.1) is 0 Å². The van der Waals surface area contributed by atoms with E-state index >= 15 is 0 Å². The monoisotopic (exact) mass is 413 g/mol. The van der Waals surface area contributed by atoms with Crippen molar-refractivity contribution < 1.29 is 23.8 Å². The molecule has 1 atom stereocenters. The van der Waals surface area contributed by atoms with Gasteiger partial charge in [-0.15, -0.1) is 0 Å². The summed E-state index contributed by atoms with van der Waals surface area (Å²) in [5.41, 5.74) is -0.990. The van der Waals surface area contributed by atoms with Crippen molar-refractivity contribution in [3.05, 3.63) is 34.3 Å². The number of halogens is 1. The van der Waals surface area contributed by atoms with Gasteiger partial charge >= 0.3 is 12.1 Å². The van der Waals surface area contributed by atoms with Crippen molar-refractivity contribution in [2.75, 3.05) is 13.2 Å². The van der Waals surface area contributed by atoms with Crippen LogP contribution < -0.4 is 0 Å². The molecule has 1 saturated heterocycles. The average molecular weight is 414 g/mol. The van der Waals surface area contributed by atoms with Crippen LogP contribution in [0.3, 0.4) is 0 Å². The van der Waals surface area contributed by atoms with Gasteiger partial charge in [0.1, 0.15) is 17.9 Å². The molecule has 1 aromatic carbocycles. The summed E-state index contributed by atoms with van der Waals surface area (Å²) in [6, 6.07) is 6.49. The van der Waals surface area contributed by atoms with Gasteiger partial charge in [-0.1, -0.05) is 15.9 Å². The van der Waals surface area contributed by atoms with Crippen molar-refractivity contribution in [3.63, 3.8) is 0 Å². The molecule has 0 aliphatic carbocycles. The lowest BCUT2D eigenvalue weighted by atomic mass is 10.2. The lowest BCUT2D eigenvalue weighted by molar-refractivity contribution is -0.0647. The van der Waals surface area contributed by atoms with E-state index in [2.05, 4.69) is 15.9 Å². The molecule has 1 aromatic rings. The number of hydrogen-bond acceptors (Lipinski definition) is 5. The summed E-state index contributed by atoms with van der Waals surface area (Å²) >= 11 is 3.32. The molecule has 0 saturated carbocycles. The summed E-state index contributed by atoms with van der Waals surface area (Å²) in [5.74, 6) is -0.443. The van der Waals surface area contributed by atoms with E-state index in [-0.39, 0.29) is 13.2 Å². The highest BCUT2D eigenvalue weighted by atomic mass is 79.9. The summed E-state index contributed by atoms with van der Waals surface area (Å²) in [4.78, 5) is 26.2. The smallest absolute Gasteiger partial charge is 0.413 e. The highest BCUT2D eigenvalue weighted by Gasteiger charge is 2.46. The third-order valence-corrected chi connectivity index (χ3v) is 4.18. The average Bonchev–Trinajstić information content (AvgIpc) is 2.78. The number of hydrogen-bond donors (Lipinski definition) is 0. The molecule has 2 rings (SSSR count). The van der Waals surface area contributed by atoms with E-state index < -0.39 is 29.4 Å². The Labute approximate surface area is 156 Å². The second-order valence-electron chi connectivity index (χ2n) is 7.37. The number of benzene rings is 1. The number of nitrogens with zero attached hydrogens (tertiary/aromatic N) is 1. The molecule has 6 nitrogen and oxygen atoms in total. The minimum Gasteiger partial charge on any atom is -0.460 e. The summed E-state index contributed by atoms with van der Waals surface area (Å²) in [7, 11) is 0. The van der Waals surface area contributed by atoms with Gasteiger partial charge in [0, 0.05) is 4.47 Å². The lowest BCUT2D eigenvalue weighted by Crippen LogP contribution is -2.51. The Balaban J connectivity index is 2.03. The number of carbonyl (C=O) groups is 2. The first-order chi connectivity index (χ1) is 11.5. The summed E-state index contributed by atoms with van der Waals surface area (Å²) in [5, 5.41) is 0. The van der Waals surface area contributed by atoms with Gasteiger partial charge in [0.25, 0.3) is 0 Å². The first-order valence-electron chi connectivity index (χ1n) is 8.08. The predicted molar refractivity (Wildman–Crippen MR) is 96.3 cm³/mol. The number of carbonyl (C=O) groups excluding carboxylic acids is 2. The quantitative estimate of drug-likeness (QED) is 0.701. The van der Waals surface area contributed by atoms with Crippen LogP contribution in [0.5, 0.6) is 0 Å². The fourth-order valence-corrected chi connectivity index (χ4v) is 2.79. The van der Waals surface area contributed by atoms with Crippen LogP contribution >= 0.6 is 15.9 Å². The minimum atomic E-state index is -0.822. The minimum absolute atomic E-state index is 0.0393. The number of amides is 1. The number of esters is 1. The van der Waals surface area contributed by atoms with E-state index in [0.717, 1.165) is 4.47 Å². The van der Waals surface area contributed by atoms with Gasteiger partial charge in [0.15, 0.2) is 0 Å². The fourth-order valence-electron chi connectivity index (χ4n) is 2.53. The molecule has 25 heavy (non-hydrogen) atoms. The SMILES string of the molecule is CC(C)(C)OC(=O)N1[C@@H](COC(=O)c2ccc(Br)cc2)COC1(C)C. The summed E-state index contributed by atoms with van der Waals surface area (Å²) < 4.78 is 17.4. The molecular weight excluding hydrogens is 390 g/mol. The normalized spacial score (nSPS) is 19.6.